The molecule has 0 spiro atoms. The van der Waals surface area contributed by atoms with E-state index in [2.05, 4.69) is 5.32 Å². The van der Waals surface area contributed by atoms with Crippen LogP contribution in [0.5, 0.6) is 0 Å². The van der Waals surface area contributed by atoms with E-state index in [4.69, 9.17) is 5.26 Å². The maximum Gasteiger partial charge on any atom is 0.251 e. The minimum Gasteiger partial charge on any atom is -0.352 e. The van der Waals surface area contributed by atoms with Gasteiger partial charge < -0.3 is 10.2 Å². The number of hydrogen-bond donors (Lipinski definition) is 1. The smallest absolute Gasteiger partial charge is 0.251 e. The summed E-state index contributed by atoms with van der Waals surface area (Å²) in [6, 6.07) is 14.1. The second-order valence-electron chi connectivity index (χ2n) is 5.48. The molecular weight excluding hydrogens is 321 g/mol. The molecule has 0 saturated carbocycles. The third-order valence-corrected chi connectivity index (χ3v) is 3.70. The number of carbonyl (C=O) groups is 2. The summed E-state index contributed by atoms with van der Waals surface area (Å²) >= 11 is 0. The highest BCUT2D eigenvalue weighted by Crippen LogP contribution is 2.15. The number of anilines is 1. The maximum atomic E-state index is 12.8. The van der Waals surface area contributed by atoms with Gasteiger partial charge in [0, 0.05) is 31.3 Å². The topological polar surface area (TPSA) is 73.2 Å². The monoisotopic (exact) mass is 339 g/mol. The first-order valence-electron chi connectivity index (χ1n) is 7.82. The zero-order valence-electron chi connectivity index (χ0n) is 13.8. The second kappa shape index (κ2) is 8.60. The van der Waals surface area contributed by atoms with Crippen LogP contribution in [0.25, 0.3) is 0 Å². The van der Waals surface area contributed by atoms with Gasteiger partial charge in [-0.2, -0.15) is 5.26 Å². The average molecular weight is 339 g/mol. The normalized spacial score (nSPS) is 9.96. The summed E-state index contributed by atoms with van der Waals surface area (Å²) in [6.07, 6.45) is 0.741. The molecule has 25 heavy (non-hydrogen) atoms. The molecule has 2 aromatic rings. The maximum absolute atomic E-state index is 12.8. The largest absolute Gasteiger partial charge is 0.352 e. The van der Waals surface area contributed by atoms with Crippen LogP contribution in [-0.4, -0.2) is 25.4 Å². The van der Waals surface area contributed by atoms with Crippen LogP contribution in [0.1, 0.15) is 28.8 Å². The Morgan fingerprint density at radius 1 is 1.20 bits per heavy atom. The van der Waals surface area contributed by atoms with E-state index in [0.717, 1.165) is 0 Å². The van der Waals surface area contributed by atoms with Crippen molar-refractivity contribution in [1.82, 2.24) is 5.32 Å². The van der Waals surface area contributed by atoms with Gasteiger partial charge in [-0.25, -0.2) is 4.39 Å². The Kier molecular flexibility index (Phi) is 6.24. The van der Waals surface area contributed by atoms with E-state index in [1.165, 1.54) is 29.2 Å². The van der Waals surface area contributed by atoms with Crippen molar-refractivity contribution in [2.24, 2.45) is 0 Å². The predicted molar refractivity (Wildman–Crippen MR) is 92.5 cm³/mol. The second-order valence-corrected chi connectivity index (χ2v) is 5.48. The Bertz CT molecular complexity index is 797. The Labute approximate surface area is 145 Å². The lowest BCUT2D eigenvalue weighted by Crippen LogP contribution is -2.29. The van der Waals surface area contributed by atoms with E-state index in [9.17, 15) is 14.0 Å². The molecule has 1 N–H and O–H groups in total. The minimum atomic E-state index is -0.398. The molecule has 0 bridgehead atoms. The molecule has 0 fully saturated rings. The van der Waals surface area contributed by atoms with E-state index in [1.807, 2.05) is 6.07 Å². The summed E-state index contributed by atoms with van der Waals surface area (Å²) in [4.78, 5) is 25.5. The highest BCUT2D eigenvalue weighted by molar-refractivity contribution is 5.94. The van der Waals surface area contributed by atoms with Crippen LogP contribution in [0.15, 0.2) is 48.5 Å². The lowest BCUT2D eigenvalue weighted by atomic mass is 10.2. The van der Waals surface area contributed by atoms with Gasteiger partial charge in [0.05, 0.1) is 11.6 Å². The number of nitrogens with one attached hydrogen (secondary N) is 1. The highest BCUT2D eigenvalue weighted by atomic mass is 19.1. The first kappa shape index (κ1) is 18.1. The summed E-state index contributed by atoms with van der Waals surface area (Å²) in [7, 11) is 1.65. The minimum absolute atomic E-state index is 0.105. The molecule has 0 heterocycles. The first-order chi connectivity index (χ1) is 12.0. The van der Waals surface area contributed by atoms with Crippen LogP contribution in [0.3, 0.4) is 0 Å². The highest BCUT2D eigenvalue weighted by Gasteiger charge is 2.11. The summed E-state index contributed by atoms with van der Waals surface area (Å²) in [6.45, 7) is 0.341. The van der Waals surface area contributed by atoms with Crippen molar-refractivity contribution in [3.05, 3.63) is 65.5 Å². The van der Waals surface area contributed by atoms with Crippen molar-refractivity contribution < 1.29 is 14.0 Å². The molecule has 0 aliphatic carbocycles. The molecule has 2 amide bonds. The van der Waals surface area contributed by atoms with Crippen LogP contribution in [0.2, 0.25) is 0 Å². The van der Waals surface area contributed by atoms with Gasteiger partial charge >= 0.3 is 0 Å². The van der Waals surface area contributed by atoms with Crippen molar-refractivity contribution in [1.29, 1.82) is 5.26 Å². The van der Waals surface area contributed by atoms with Gasteiger partial charge in [-0.15, -0.1) is 0 Å². The van der Waals surface area contributed by atoms with E-state index in [1.54, 1.807) is 31.3 Å². The van der Waals surface area contributed by atoms with Crippen LogP contribution >= 0.6 is 0 Å². The summed E-state index contributed by atoms with van der Waals surface area (Å²) in [5, 5.41) is 11.6. The van der Waals surface area contributed by atoms with Crippen molar-refractivity contribution in [3.63, 3.8) is 0 Å². The van der Waals surface area contributed by atoms with E-state index < -0.39 is 5.82 Å². The average Bonchev–Trinajstić information content (AvgIpc) is 2.64. The summed E-state index contributed by atoms with van der Waals surface area (Å²) < 4.78 is 12.8. The number of halogens is 1. The standard InChI is InChI=1S/C19H18FN3O2/c1-23(17-5-2-4-14(12-17)13-21)18(24)6-3-11-22-19(25)15-7-9-16(20)10-8-15/h2,4-5,7-10,12H,3,6,11H2,1H3,(H,22,25). The fourth-order valence-electron chi connectivity index (χ4n) is 2.24. The fraction of sp³-hybridized carbons (Fsp3) is 0.211. The Balaban J connectivity index is 1.79. The summed E-state index contributed by atoms with van der Waals surface area (Å²) in [5.41, 5.74) is 1.52. The van der Waals surface area contributed by atoms with Gasteiger partial charge in [-0.1, -0.05) is 6.07 Å². The van der Waals surface area contributed by atoms with Crippen molar-refractivity contribution in [3.8, 4) is 6.07 Å². The lowest BCUT2D eigenvalue weighted by molar-refractivity contribution is -0.118. The molecule has 5 nitrogen and oxygen atoms in total. The Morgan fingerprint density at radius 2 is 1.92 bits per heavy atom. The van der Waals surface area contributed by atoms with Crippen LogP contribution in [0.4, 0.5) is 10.1 Å². The number of carbonyl (C=O) groups excluding carboxylic acids is 2. The third kappa shape index (κ3) is 5.15. The molecule has 0 aliphatic rings. The molecule has 0 aliphatic heterocycles. The fourth-order valence-corrected chi connectivity index (χ4v) is 2.24. The molecule has 0 atom stereocenters. The molecule has 0 saturated heterocycles. The third-order valence-electron chi connectivity index (χ3n) is 3.70. The summed E-state index contributed by atoms with van der Waals surface area (Å²) in [5.74, 6) is -0.806. The van der Waals surface area contributed by atoms with Crippen molar-refractivity contribution in [2.75, 3.05) is 18.5 Å². The zero-order chi connectivity index (χ0) is 18.2. The van der Waals surface area contributed by atoms with Gasteiger partial charge in [-0.05, 0) is 48.9 Å². The van der Waals surface area contributed by atoms with Crippen LogP contribution < -0.4 is 10.2 Å². The number of hydrogen-bond acceptors (Lipinski definition) is 3. The molecule has 2 aromatic carbocycles. The Morgan fingerprint density at radius 3 is 2.60 bits per heavy atom. The van der Waals surface area contributed by atoms with E-state index in [-0.39, 0.29) is 18.2 Å². The molecule has 128 valence electrons. The molecule has 0 radical (unpaired) electrons. The van der Waals surface area contributed by atoms with Crippen LogP contribution in [0, 0.1) is 17.1 Å². The van der Waals surface area contributed by atoms with Gasteiger partial charge in [0.1, 0.15) is 5.82 Å². The van der Waals surface area contributed by atoms with Crippen molar-refractivity contribution in [2.45, 2.75) is 12.8 Å². The van der Waals surface area contributed by atoms with Gasteiger partial charge in [0.25, 0.3) is 5.91 Å². The van der Waals surface area contributed by atoms with Crippen molar-refractivity contribution >= 4 is 17.5 Å². The van der Waals surface area contributed by atoms with Crippen LogP contribution in [-0.2, 0) is 4.79 Å². The lowest BCUT2D eigenvalue weighted by Gasteiger charge is -2.17. The first-order valence-corrected chi connectivity index (χ1v) is 7.82. The quantitative estimate of drug-likeness (QED) is 0.823. The van der Waals surface area contributed by atoms with Gasteiger partial charge in [0.15, 0.2) is 0 Å². The molecule has 2 rings (SSSR count). The zero-order valence-corrected chi connectivity index (χ0v) is 13.8. The number of nitrogens with zero attached hydrogens (tertiary/aromatic N) is 2. The van der Waals surface area contributed by atoms with E-state index >= 15 is 0 Å². The number of nitriles is 1. The molecule has 0 unspecified atom stereocenters. The number of benzene rings is 2. The number of amides is 2. The van der Waals surface area contributed by atoms with E-state index in [0.29, 0.717) is 29.8 Å². The molecule has 0 aromatic heterocycles. The Hall–Kier alpha value is -3.20. The van der Waals surface area contributed by atoms with Gasteiger partial charge in [-0.3, -0.25) is 9.59 Å². The molecular formula is C19H18FN3O2. The molecule has 6 heteroatoms. The predicted octanol–water partition coefficient (Wildman–Crippen LogP) is 2.87. The van der Waals surface area contributed by atoms with Gasteiger partial charge in [0.2, 0.25) is 5.91 Å². The number of rotatable bonds is 6. The SMILES string of the molecule is CN(C(=O)CCCNC(=O)c1ccc(F)cc1)c1cccc(C#N)c1.